The minimum Gasteiger partial charge on any atom is -0.477 e. The van der Waals surface area contributed by atoms with Gasteiger partial charge in [0.15, 0.2) is 10.8 Å². The van der Waals surface area contributed by atoms with Crippen molar-refractivity contribution in [2.45, 2.75) is 25.3 Å². The molecule has 4 N–H and O–H groups in total. The number of carboxylic acid groups (broad SMARTS) is 1. The highest BCUT2D eigenvalue weighted by Crippen LogP contribution is 2.41. The number of nitrogens with zero attached hydrogens (tertiary/aromatic N) is 4. The first-order valence-electron chi connectivity index (χ1n) is 10.0. The molecule has 0 bridgehead atoms. The van der Waals surface area contributed by atoms with Gasteiger partial charge in [0.2, 0.25) is 0 Å². The summed E-state index contributed by atoms with van der Waals surface area (Å²) in [4.78, 5) is 53.2. The number of thiazole rings is 2. The van der Waals surface area contributed by atoms with E-state index in [0.29, 0.717) is 11.3 Å². The number of amides is 2. The summed E-state index contributed by atoms with van der Waals surface area (Å²) in [5.74, 6) is -2.03. The Labute approximate surface area is 206 Å². The zero-order valence-electron chi connectivity index (χ0n) is 18.0. The second kappa shape index (κ2) is 9.95. The van der Waals surface area contributed by atoms with Gasteiger partial charge in [-0.1, -0.05) is 11.2 Å². The normalized spacial score (nSPS) is 20.4. The molecule has 2 amide bonds. The number of aromatic nitrogens is 2. The second-order valence-electron chi connectivity index (χ2n) is 7.10. The Morgan fingerprint density at radius 3 is 2.82 bits per heavy atom. The first-order valence-corrected chi connectivity index (χ1v) is 12.8. The van der Waals surface area contributed by atoms with E-state index in [1.807, 2.05) is 6.92 Å². The molecular formula is C20H20N6O5S3. The molecule has 0 saturated carbocycles. The van der Waals surface area contributed by atoms with Gasteiger partial charge >= 0.3 is 5.97 Å². The van der Waals surface area contributed by atoms with Crippen LogP contribution in [0.2, 0.25) is 0 Å². The highest BCUT2D eigenvalue weighted by Gasteiger charge is 2.54. The Bertz CT molecular complexity index is 1230. The van der Waals surface area contributed by atoms with Crippen molar-refractivity contribution in [1.82, 2.24) is 20.2 Å². The van der Waals surface area contributed by atoms with Gasteiger partial charge < -0.3 is 21.0 Å². The molecule has 2 atom stereocenters. The molecule has 4 heterocycles. The molecule has 34 heavy (non-hydrogen) atoms. The maximum Gasteiger partial charge on any atom is 0.352 e. The Kier molecular flexibility index (Phi) is 7.00. The van der Waals surface area contributed by atoms with Crippen LogP contribution < -0.4 is 11.1 Å². The highest BCUT2D eigenvalue weighted by molar-refractivity contribution is 8.00. The van der Waals surface area contributed by atoms with E-state index in [0.717, 1.165) is 21.9 Å². The molecule has 0 radical (unpaired) electrons. The number of carbonyl (C=O) groups is 3. The number of aryl methyl sites for hydroxylation is 1. The average Bonchev–Trinajstić information content (AvgIpc) is 3.43. The number of anilines is 1. The fraction of sp³-hybridized carbons (Fsp3) is 0.300. The number of thioether (sulfide) groups is 1. The second-order valence-corrected chi connectivity index (χ2v) is 9.98. The van der Waals surface area contributed by atoms with Gasteiger partial charge in [0.1, 0.15) is 29.4 Å². The lowest BCUT2D eigenvalue weighted by molar-refractivity contribution is -0.150. The van der Waals surface area contributed by atoms with Gasteiger partial charge in [-0.15, -0.1) is 34.4 Å². The summed E-state index contributed by atoms with van der Waals surface area (Å²) in [5.41, 5.74) is 8.75. The molecule has 1 saturated heterocycles. The van der Waals surface area contributed by atoms with Crippen LogP contribution in [0.1, 0.15) is 23.2 Å². The SMILES string of the molecule is CCON=C(C(=O)NC1C(=O)N2C(C(=O)O)=C(C=Cc3scnc3C)CS[C@@H]12)c1csc(N)n1. The van der Waals surface area contributed by atoms with Crippen molar-refractivity contribution in [3.05, 3.63) is 44.5 Å². The number of nitrogens with two attached hydrogens (primary N) is 1. The molecule has 2 aromatic rings. The fourth-order valence-corrected chi connectivity index (χ4v) is 5.92. The third kappa shape index (κ3) is 4.56. The van der Waals surface area contributed by atoms with E-state index in [1.165, 1.54) is 28.0 Å². The number of carboxylic acids is 1. The van der Waals surface area contributed by atoms with Crippen LogP contribution in [-0.4, -0.2) is 67.2 Å². The van der Waals surface area contributed by atoms with E-state index >= 15 is 0 Å². The quantitative estimate of drug-likeness (QED) is 0.267. The van der Waals surface area contributed by atoms with Crippen LogP contribution in [0, 0.1) is 6.92 Å². The maximum atomic E-state index is 12.9. The van der Waals surface area contributed by atoms with E-state index in [4.69, 9.17) is 10.6 Å². The summed E-state index contributed by atoms with van der Waals surface area (Å²) >= 11 is 3.95. The Hall–Kier alpha value is -3.23. The highest BCUT2D eigenvalue weighted by atomic mass is 32.2. The van der Waals surface area contributed by atoms with Crippen molar-refractivity contribution in [2.75, 3.05) is 18.1 Å². The molecule has 0 aromatic carbocycles. The minimum absolute atomic E-state index is 0.0897. The third-order valence-corrected chi connectivity index (χ3v) is 7.84. The van der Waals surface area contributed by atoms with Gasteiger partial charge in [0.25, 0.3) is 11.8 Å². The summed E-state index contributed by atoms with van der Waals surface area (Å²) in [6.07, 6.45) is 3.50. The molecule has 178 valence electrons. The summed E-state index contributed by atoms with van der Waals surface area (Å²) in [6.45, 7) is 3.81. The first-order chi connectivity index (χ1) is 16.3. The fourth-order valence-electron chi connectivity index (χ4n) is 3.36. The number of allylic oxidation sites excluding steroid dienone is 1. The van der Waals surface area contributed by atoms with Gasteiger partial charge in [-0.3, -0.25) is 14.5 Å². The van der Waals surface area contributed by atoms with E-state index < -0.39 is 29.2 Å². The molecule has 0 spiro atoms. The molecule has 4 rings (SSSR count). The number of rotatable bonds is 8. The van der Waals surface area contributed by atoms with E-state index in [9.17, 15) is 19.5 Å². The van der Waals surface area contributed by atoms with Gasteiger partial charge in [-0.05, 0) is 25.5 Å². The van der Waals surface area contributed by atoms with Gasteiger partial charge in [0.05, 0.1) is 11.2 Å². The van der Waals surface area contributed by atoms with Crippen LogP contribution in [0.15, 0.2) is 33.4 Å². The molecule has 2 aliphatic rings. The van der Waals surface area contributed by atoms with Crippen molar-refractivity contribution in [2.24, 2.45) is 5.16 Å². The first kappa shape index (κ1) is 23.9. The van der Waals surface area contributed by atoms with E-state index in [1.54, 1.807) is 30.0 Å². The minimum atomic E-state index is -1.21. The number of β-lactam (4-membered cyclic amide) rings is 1. The van der Waals surface area contributed by atoms with Gasteiger partial charge in [-0.25, -0.2) is 14.8 Å². The standard InChI is InChI=1S/C20H20N6O5S3/c1-3-31-25-13(11-7-33-20(21)23-11)16(27)24-14-17(28)26-15(19(29)30)10(6-32-18(14)26)4-5-12-9(2)22-8-34-12/h4-5,7-8,14,18H,3,6H2,1-2H3,(H2,21,23)(H,24,27)(H,29,30)/t14?,18-/m0/s1. The number of hydrogen-bond donors (Lipinski definition) is 3. The number of carbonyl (C=O) groups excluding carboxylic acids is 2. The number of nitrogen functional groups attached to an aromatic ring is 1. The summed E-state index contributed by atoms with van der Waals surface area (Å²) in [5, 5.41) is 17.5. The number of oxime groups is 1. The predicted octanol–water partition coefficient (Wildman–Crippen LogP) is 1.68. The van der Waals surface area contributed by atoms with E-state index in [-0.39, 0.29) is 28.8 Å². The van der Waals surface area contributed by atoms with Crippen molar-refractivity contribution in [1.29, 1.82) is 0 Å². The van der Waals surface area contributed by atoms with E-state index in [2.05, 4.69) is 20.4 Å². The summed E-state index contributed by atoms with van der Waals surface area (Å²) in [6, 6.07) is -0.913. The predicted molar refractivity (Wildman–Crippen MR) is 130 cm³/mol. The monoisotopic (exact) mass is 520 g/mol. The van der Waals surface area contributed by atoms with Crippen LogP contribution in [0.25, 0.3) is 6.08 Å². The summed E-state index contributed by atoms with van der Waals surface area (Å²) in [7, 11) is 0. The maximum absolute atomic E-state index is 12.9. The van der Waals surface area contributed by atoms with Crippen molar-refractivity contribution >= 4 is 69.1 Å². The molecule has 0 aliphatic carbocycles. The van der Waals surface area contributed by atoms with Crippen molar-refractivity contribution < 1.29 is 24.3 Å². The lowest BCUT2D eigenvalue weighted by Gasteiger charge is -2.49. The topological polar surface area (TPSA) is 160 Å². The van der Waals surface area contributed by atoms with Gasteiger partial charge in [-0.2, -0.15) is 0 Å². The van der Waals surface area contributed by atoms with Crippen LogP contribution >= 0.6 is 34.4 Å². The van der Waals surface area contributed by atoms with Crippen LogP contribution in [0.5, 0.6) is 0 Å². The van der Waals surface area contributed by atoms with Crippen LogP contribution in [0.3, 0.4) is 0 Å². The lowest BCUT2D eigenvalue weighted by atomic mass is 10.0. The van der Waals surface area contributed by atoms with Crippen LogP contribution in [-0.2, 0) is 19.2 Å². The molecule has 2 aliphatic heterocycles. The largest absolute Gasteiger partial charge is 0.477 e. The smallest absolute Gasteiger partial charge is 0.352 e. The third-order valence-electron chi connectivity index (χ3n) is 4.97. The number of fused-ring (bicyclic) bond motifs is 1. The zero-order valence-corrected chi connectivity index (χ0v) is 20.5. The molecular weight excluding hydrogens is 500 g/mol. The number of aliphatic carboxylic acids is 1. The molecule has 2 aromatic heterocycles. The average molecular weight is 521 g/mol. The van der Waals surface area contributed by atoms with Crippen LogP contribution in [0.4, 0.5) is 5.13 Å². The molecule has 1 unspecified atom stereocenters. The lowest BCUT2D eigenvalue weighted by Crippen LogP contribution is -2.71. The summed E-state index contributed by atoms with van der Waals surface area (Å²) < 4.78 is 0. The number of nitrogens with one attached hydrogen (secondary N) is 1. The van der Waals surface area contributed by atoms with Crippen molar-refractivity contribution in [3.8, 4) is 0 Å². The Balaban J connectivity index is 1.54. The molecule has 11 nitrogen and oxygen atoms in total. The number of hydrogen-bond acceptors (Lipinski definition) is 11. The molecule has 14 heteroatoms. The molecule has 1 fully saturated rings. The zero-order chi connectivity index (χ0) is 24.4. The Morgan fingerprint density at radius 2 is 2.21 bits per heavy atom. The van der Waals surface area contributed by atoms with Gasteiger partial charge in [0, 0.05) is 16.0 Å². The van der Waals surface area contributed by atoms with Crippen molar-refractivity contribution in [3.63, 3.8) is 0 Å². The Morgan fingerprint density at radius 1 is 1.41 bits per heavy atom.